The number of amides is 1. The number of nitrogens with zero attached hydrogens (tertiary/aromatic N) is 1. The summed E-state index contributed by atoms with van der Waals surface area (Å²) in [6.45, 7) is 3.35. The molecule has 0 saturated carbocycles. The van der Waals surface area contributed by atoms with Gasteiger partial charge in [0.1, 0.15) is 12.4 Å². The Morgan fingerprint density at radius 1 is 1.29 bits per heavy atom. The zero-order valence-electron chi connectivity index (χ0n) is 15.7. The van der Waals surface area contributed by atoms with Crippen LogP contribution in [0.15, 0.2) is 53.9 Å². The Labute approximate surface area is 168 Å². The van der Waals surface area contributed by atoms with Crippen molar-refractivity contribution >= 4 is 22.9 Å². The van der Waals surface area contributed by atoms with Crippen LogP contribution >= 0.6 is 11.3 Å². The lowest BCUT2D eigenvalue weighted by Gasteiger charge is -2.12. The van der Waals surface area contributed by atoms with Gasteiger partial charge >= 0.3 is 0 Å². The molecule has 1 fully saturated rings. The molecule has 0 spiro atoms. The summed E-state index contributed by atoms with van der Waals surface area (Å²) < 4.78 is 11.3. The van der Waals surface area contributed by atoms with E-state index in [1.165, 1.54) is 0 Å². The van der Waals surface area contributed by atoms with E-state index >= 15 is 0 Å². The summed E-state index contributed by atoms with van der Waals surface area (Å²) >= 11 is 1.61. The second-order valence-corrected chi connectivity index (χ2v) is 7.82. The number of carbonyl (C=O) groups excluding carboxylic acids is 1. The van der Waals surface area contributed by atoms with Crippen LogP contribution in [0.4, 0.5) is 5.69 Å². The minimum Gasteiger partial charge on any atom is -0.491 e. The van der Waals surface area contributed by atoms with Crippen molar-refractivity contribution in [2.24, 2.45) is 0 Å². The molecule has 2 aromatic carbocycles. The van der Waals surface area contributed by atoms with Crippen molar-refractivity contribution in [2.45, 2.75) is 25.9 Å². The molecule has 2 heterocycles. The summed E-state index contributed by atoms with van der Waals surface area (Å²) in [4.78, 5) is 17.1. The predicted octanol–water partition coefficient (Wildman–Crippen LogP) is 4.93. The normalized spacial score (nSPS) is 16.1. The van der Waals surface area contributed by atoms with Crippen LogP contribution in [0.2, 0.25) is 0 Å². The van der Waals surface area contributed by atoms with Crippen LogP contribution in [0.3, 0.4) is 0 Å². The van der Waals surface area contributed by atoms with Gasteiger partial charge in [-0.05, 0) is 56.2 Å². The number of aromatic nitrogens is 1. The van der Waals surface area contributed by atoms with Gasteiger partial charge in [-0.25, -0.2) is 4.98 Å². The van der Waals surface area contributed by atoms with Crippen molar-refractivity contribution in [3.8, 4) is 17.0 Å². The molecule has 1 amide bonds. The van der Waals surface area contributed by atoms with E-state index in [9.17, 15) is 4.79 Å². The lowest BCUT2D eigenvalue weighted by atomic mass is 10.1. The van der Waals surface area contributed by atoms with Crippen molar-refractivity contribution < 1.29 is 14.3 Å². The predicted molar refractivity (Wildman–Crippen MR) is 111 cm³/mol. The highest BCUT2D eigenvalue weighted by molar-refractivity contribution is 7.09. The molecule has 0 radical (unpaired) electrons. The molecular formula is C22H22N2O3S. The zero-order chi connectivity index (χ0) is 19.3. The van der Waals surface area contributed by atoms with E-state index in [-0.39, 0.29) is 12.0 Å². The maximum atomic E-state index is 12.6. The van der Waals surface area contributed by atoms with Crippen LogP contribution in [-0.4, -0.2) is 30.2 Å². The number of benzene rings is 2. The number of nitrogens with one attached hydrogen (secondary N) is 1. The molecule has 0 aliphatic carbocycles. The number of hydrogen-bond donors (Lipinski definition) is 1. The van der Waals surface area contributed by atoms with Crippen molar-refractivity contribution in [3.63, 3.8) is 0 Å². The number of ether oxygens (including phenoxy) is 2. The SMILES string of the molecule is Cc1nc(-c2cccc(NC(=O)c3ccc(OC[C@H]4CCCO4)cc3)c2)cs1. The van der Waals surface area contributed by atoms with Crippen molar-refractivity contribution in [3.05, 3.63) is 64.5 Å². The fourth-order valence-electron chi connectivity index (χ4n) is 3.12. The van der Waals surface area contributed by atoms with Gasteiger partial charge in [-0.3, -0.25) is 4.79 Å². The third kappa shape index (κ3) is 4.58. The molecule has 1 aliphatic rings. The molecular weight excluding hydrogens is 372 g/mol. The van der Waals surface area contributed by atoms with Crippen LogP contribution in [0.5, 0.6) is 5.75 Å². The van der Waals surface area contributed by atoms with Gasteiger partial charge in [0.2, 0.25) is 0 Å². The fraction of sp³-hybridized carbons (Fsp3) is 0.273. The van der Waals surface area contributed by atoms with Gasteiger partial charge in [-0.1, -0.05) is 12.1 Å². The Kier molecular flexibility index (Phi) is 5.69. The molecule has 1 atom stereocenters. The van der Waals surface area contributed by atoms with Crippen LogP contribution in [0.1, 0.15) is 28.2 Å². The first-order valence-corrected chi connectivity index (χ1v) is 10.2. The number of hydrogen-bond acceptors (Lipinski definition) is 5. The number of rotatable bonds is 6. The fourth-order valence-corrected chi connectivity index (χ4v) is 3.75. The van der Waals surface area contributed by atoms with E-state index in [1.54, 1.807) is 23.5 Å². The zero-order valence-corrected chi connectivity index (χ0v) is 16.5. The highest BCUT2D eigenvalue weighted by Crippen LogP contribution is 2.24. The third-order valence-corrected chi connectivity index (χ3v) is 5.39. The molecule has 0 bridgehead atoms. The summed E-state index contributed by atoms with van der Waals surface area (Å²) in [5.41, 5.74) is 3.23. The monoisotopic (exact) mass is 394 g/mol. The first-order chi connectivity index (χ1) is 13.7. The minimum atomic E-state index is -0.155. The molecule has 4 rings (SSSR count). The van der Waals surface area contributed by atoms with Gasteiger partial charge in [-0.2, -0.15) is 0 Å². The van der Waals surface area contributed by atoms with Crippen molar-refractivity contribution in [1.29, 1.82) is 0 Å². The number of carbonyl (C=O) groups is 1. The van der Waals surface area contributed by atoms with Crippen LogP contribution < -0.4 is 10.1 Å². The van der Waals surface area contributed by atoms with Gasteiger partial charge in [-0.15, -0.1) is 11.3 Å². The lowest BCUT2D eigenvalue weighted by Crippen LogP contribution is -2.16. The molecule has 1 aromatic heterocycles. The van der Waals surface area contributed by atoms with E-state index in [1.807, 2.05) is 48.7 Å². The molecule has 5 nitrogen and oxygen atoms in total. The van der Waals surface area contributed by atoms with E-state index in [4.69, 9.17) is 9.47 Å². The largest absolute Gasteiger partial charge is 0.491 e. The van der Waals surface area contributed by atoms with Crippen molar-refractivity contribution in [2.75, 3.05) is 18.5 Å². The minimum absolute atomic E-state index is 0.155. The van der Waals surface area contributed by atoms with Gasteiger partial charge < -0.3 is 14.8 Å². The van der Waals surface area contributed by atoms with Crippen LogP contribution in [-0.2, 0) is 4.74 Å². The van der Waals surface area contributed by atoms with Gasteiger partial charge in [0.15, 0.2) is 0 Å². The van der Waals surface area contributed by atoms with E-state index in [0.717, 1.165) is 47.2 Å². The maximum absolute atomic E-state index is 12.6. The van der Waals surface area contributed by atoms with Gasteiger partial charge in [0.05, 0.1) is 16.8 Å². The molecule has 6 heteroatoms. The lowest BCUT2D eigenvalue weighted by molar-refractivity contribution is 0.0679. The quantitative estimate of drug-likeness (QED) is 0.644. The Bertz CT molecular complexity index is 946. The van der Waals surface area contributed by atoms with E-state index in [2.05, 4.69) is 10.3 Å². The molecule has 144 valence electrons. The molecule has 3 aromatic rings. The number of aryl methyl sites for hydroxylation is 1. The Hall–Kier alpha value is -2.70. The molecule has 1 N–H and O–H groups in total. The average molecular weight is 394 g/mol. The van der Waals surface area contributed by atoms with Crippen molar-refractivity contribution in [1.82, 2.24) is 4.98 Å². The van der Waals surface area contributed by atoms with Crippen LogP contribution in [0.25, 0.3) is 11.3 Å². The summed E-state index contributed by atoms with van der Waals surface area (Å²) in [5, 5.41) is 5.99. The average Bonchev–Trinajstić information content (AvgIpc) is 3.39. The second kappa shape index (κ2) is 8.54. The highest BCUT2D eigenvalue weighted by Gasteiger charge is 2.16. The second-order valence-electron chi connectivity index (χ2n) is 6.76. The number of thiazole rings is 1. The van der Waals surface area contributed by atoms with E-state index < -0.39 is 0 Å². The summed E-state index contributed by atoms with van der Waals surface area (Å²) in [6, 6.07) is 14.9. The highest BCUT2D eigenvalue weighted by atomic mass is 32.1. The first-order valence-electron chi connectivity index (χ1n) is 9.36. The summed E-state index contributed by atoms with van der Waals surface area (Å²) in [6.07, 6.45) is 2.31. The number of anilines is 1. The molecule has 0 unspecified atom stereocenters. The molecule has 1 saturated heterocycles. The van der Waals surface area contributed by atoms with Crippen LogP contribution in [0, 0.1) is 6.92 Å². The topological polar surface area (TPSA) is 60.5 Å². The van der Waals surface area contributed by atoms with Gasteiger partial charge in [0.25, 0.3) is 5.91 Å². The van der Waals surface area contributed by atoms with E-state index in [0.29, 0.717) is 12.2 Å². The Balaban J connectivity index is 1.38. The smallest absolute Gasteiger partial charge is 0.255 e. The summed E-state index contributed by atoms with van der Waals surface area (Å²) in [5.74, 6) is 0.588. The Morgan fingerprint density at radius 3 is 2.86 bits per heavy atom. The first kappa shape index (κ1) is 18.7. The molecule has 28 heavy (non-hydrogen) atoms. The Morgan fingerprint density at radius 2 is 2.14 bits per heavy atom. The standard InChI is InChI=1S/C22H22N2O3S/c1-15-23-21(14-28-15)17-4-2-5-18(12-17)24-22(25)16-7-9-19(10-8-16)27-13-20-6-3-11-26-20/h2,4-5,7-10,12,14,20H,3,6,11,13H2,1H3,(H,24,25)/t20-/m1/s1. The summed E-state index contributed by atoms with van der Waals surface area (Å²) in [7, 11) is 0. The molecule has 1 aliphatic heterocycles. The maximum Gasteiger partial charge on any atom is 0.255 e. The third-order valence-electron chi connectivity index (χ3n) is 4.61. The van der Waals surface area contributed by atoms with Gasteiger partial charge in [0, 0.05) is 28.8 Å².